The Kier molecular flexibility index (Phi) is 6.73. The molecule has 4 rings (SSSR count). The van der Waals surface area contributed by atoms with E-state index in [9.17, 15) is 19.7 Å². The van der Waals surface area contributed by atoms with Crippen molar-refractivity contribution in [3.63, 3.8) is 0 Å². The first-order chi connectivity index (χ1) is 17.2. The number of halogens is 2. The van der Waals surface area contributed by atoms with E-state index in [1.807, 2.05) is 6.08 Å². The summed E-state index contributed by atoms with van der Waals surface area (Å²) in [6.45, 7) is 3.21. The number of para-hydroxylation sites is 1. The zero-order chi connectivity index (χ0) is 26.0. The summed E-state index contributed by atoms with van der Waals surface area (Å²) in [6.07, 6.45) is 1.84. The second kappa shape index (κ2) is 9.91. The summed E-state index contributed by atoms with van der Waals surface area (Å²) in [6, 6.07) is 15.1. The van der Waals surface area contributed by atoms with Crippen LogP contribution in [-0.2, 0) is 4.79 Å². The molecule has 1 heterocycles. The summed E-state index contributed by atoms with van der Waals surface area (Å²) in [7, 11) is 0. The van der Waals surface area contributed by atoms with Gasteiger partial charge < -0.3 is 15.8 Å². The Hall–Kier alpha value is -4.66. The van der Waals surface area contributed by atoms with Gasteiger partial charge in [0.15, 0.2) is 6.61 Å². The Balaban J connectivity index is 1.59. The summed E-state index contributed by atoms with van der Waals surface area (Å²) in [5.74, 6) is -0.727. The third-order valence-electron chi connectivity index (χ3n) is 5.76. The number of nitrogens with zero attached hydrogens (tertiary/aromatic N) is 3. The molecule has 0 spiro atoms. The van der Waals surface area contributed by atoms with Crippen molar-refractivity contribution in [2.24, 2.45) is 0 Å². The van der Waals surface area contributed by atoms with E-state index < -0.39 is 11.7 Å². The number of allylic oxidation sites excluding steroid dienone is 3. The number of aromatic nitrogens is 1. The molecule has 1 aliphatic carbocycles. The fraction of sp³-hybridized carbons (Fsp3) is 0.111. The number of carbonyl (C=O) groups is 1. The number of ether oxygens (including phenoxy) is 1. The highest BCUT2D eigenvalue weighted by Crippen LogP contribution is 2.44. The molecular weight excluding hydrogens is 481 g/mol. The molecule has 3 aromatic rings. The third kappa shape index (κ3) is 4.50. The number of nitrogen functional groups attached to an aromatic ring is 1. The predicted molar refractivity (Wildman–Crippen MR) is 136 cm³/mol. The van der Waals surface area contributed by atoms with Gasteiger partial charge in [-0.15, -0.1) is 0 Å². The van der Waals surface area contributed by atoms with Crippen molar-refractivity contribution in [1.82, 2.24) is 4.98 Å². The maximum absolute atomic E-state index is 13.7. The van der Waals surface area contributed by atoms with Gasteiger partial charge in [-0.1, -0.05) is 29.8 Å². The lowest BCUT2D eigenvalue weighted by Crippen LogP contribution is -2.20. The van der Waals surface area contributed by atoms with Gasteiger partial charge in [0.2, 0.25) is 0 Å². The zero-order valence-electron chi connectivity index (χ0n) is 19.3. The molecule has 9 heteroatoms. The SMILES string of the molecule is CC1=C(C#N)c2nc(N)c(C#N)c(C)c2C1=Cc1ccc(OCC(=O)Nc2ccccc2F)c(Cl)c1. The maximum atomic E-state index is 13.7. The molecular formula is C27H19ClFN5O2. The lowest BCUT2D eigenvalue weighted by atomic mass is 9.95. The van der Waals surface area contributed by atoms with Gasteiger partial charge in [-0.05, 0) is 66.5 Å². The van der Waals surface area contributed by atoms with E-state index in [0.717, 1.165) is 5.57 Å². The lowest BCUT2D eigenvalue weighted by molar-refractivity contribution is -0.118. The Bertz CT molecular complexity index is 1560. The molecule has 1 aliphatic rings. The number of pyridine rings is 1. The first-order valence-corrected chi connectivity index (χ1v) is 11.1. The summed E-state index contributed by atoms with van der Waals surface area (Å²) >= 11 is 6.39. The Morgan fingerprint density at radius 3 is 2.64 bits per heavy atom. The second-order valence-corrected chi connectivity index (χ2v) is 8.42. The van der Waals surface area contributed by atoms with Crippen molar-refractivity contribution >= 4 is 46.2 Å². The number of nitrogens with one attached hydrogen (secondary N) is 1. The van der Waals surface area contributed by atoms with Gasteiger partial charge in [-0.25, -0.2) is 9.37 Å². The van der Waals surface area contributed by atoms with E-state index >= 15 is 0 Å². The molecule has 0 saturated carbocycles. The highest BCUT2D eigenvalue weighted by Gasteiger charge is 2.29. The van der Waals surface area contributed by atoms with Gasteiger partial charge >= 0.3 is 0 Å². The topological polar surface area (TPSA) is 125 Å². The number of nitrogens with two attached hydrogens (primary N) is 1. The lowest BCUT2D eigenvalue weighted by Gasteiger charge is -2.12. The van der Waals surface area contributed by atoms with Crippen LogP contribution in [0.3, 0.4) is 0 Å². The van der Waals surface area contributed by atoms with Crippen molar-refractivity contribution < 1.29 is 13.9 Å². The minimum absolute atomic E-state index is 0.0577. The van der Waals surface area contributed by atoms with Crippen LogP contribution in [0.2, 0.25) is 5.02 Å². The average molecular weight is 500 g/mol. The fourth-order valence-electron chi connectivity index (χ4n) is 3.98. The van der Waals surface area contributed by atoms with Crippen molar-refractivity contribution in [3.05, 3.63) is 86.8 Å². The minimum Gasteiger partial charge on any atom is -0.482 e. The first kappa shape index (κ1) is 24.5. The van der Waals surface area contributed by atoms with E-state index in [1.54, 1.807) is 38.1 Å². The zero-order valence-corrected chi connectivity index (χ0v) is 20.1. The summed E-state index contributed by atoms with van der Waals surface area (Å²) in [5, 5.41) is 21.9. The molecule has 0 atom stereocenters. The van der Waals surface area contributed by atoms with Crippen LogP contribution in [0.4, 0.5) is 15.9 Å². The normalized spacial score (nSPS) is 13.2. The van der Waals surface area contributed by atoms with Gasteiger partial charge in [0.1, 0.15) is 29.5 Å². The molecule has 3 N–H and O–H groups in total. The van der Waals surface area contributed by atoms with Gasteiger partial charge in [0, 0.05) is 5.56 Å². The molecule has 1 amide bonds. The predicted octanol–water partition coefficient (Wildman–Crippen LogP) is 5.51. The number of anilines is 2. The number of hydrogen-bond donors (Lipinski definition) is 2. The van der Waals surface area contributed by atoms with E-state index in [-0.39, 0.29) is 34.4 Å². The molecule has 2 aromatic carbocycles. The first-order valence-electron chi connectivity index (χ1n) is 10.8. The fourth-order valence-corrected chi connectivity index (χ4v) is 4.22. The van der Waals surface area contributed by atoms with Crippen molar-refractivity contribution in [2.45, 2.75) is 13.8 Å². The Morgan fingerprint density at radius 1 is 1.22 bits per heavy atom. The Morgan fingerprint density at radius 2 is 1.97 bits per heavy atom. The quantitative estimate of drug-likeness (QED) is 0.477. The van der Waals surface area contributed by atoms with Gasteiger partial charge in [-0.3, -0.25) is 4.79 Å². The van der Waals surface area contributed by atoms with Crippen molar-refractivity contribution in [1.29, 1.82) is 10.5 Å². The Labute approximate surface area is 211 Å². The largest absolute Gasteiger partial charge is 0.482 e. The van der Waals surface area contributed by atoms with Gasteiger partial charge in [0.25, 0.3) is 5.91 Å². The number of rotatable bonds is 5. The second-order valence-electron chi connectivity index (χ2n) is 8.01. The van der Waals surface area contributed by atoms with Crippen LogP contribution in [0.5, 0.6) is 5.75 Å². The van der Waals surface area contributed by atoms with Crippen LogP contribution in [0, 0.1) is 35.4 Å². The monoisotopic (exact) mass is 499 g/mol. The highest BCUT2D eigenvalue weighted by molar-refractivity contribution is 6.32. The van der Waals surface area contributed by atoms with Gasteiger partial charge in [0.05, 0.1) is 27.5 Å². The van der Waals surface area contributed by atoms with Crippen LogP contribution < -0.4 is 15.8 Å². The number of nitriles is 2. The smallest absolute Gasteiger partial charge is 0.262 e. The molecule has 0 fully saturated rings. The maximum Gasteiger partial charge on any atom is 0.262 e. The van der Waals surface area contributed by atoms with E-state index in [0.29, 0.717) is 33.5 Å². The van der Waals surface area contributed by atoms with Crippen LogP contribution in [0.25, 0.3) is 17.2 Å². The third-order valence-corrected chi connectivity index (χ3v) is 6.05. The molecule has 7 nitrogen and oxygen atoms in total. The number of hydrogen-bond acceptors (Lipinski definition) is 6. The van der Waals surface area contributed by atoms with Crippen LogP contribution in [0.1, 0.15) is 34.9 Å². The van der Waals surface area contributed by atoms with Crippen molar-refractivity contribution in [3.8, 4) is 17.9 Å². The van der Waals surface area contributed by atoms with E-state index in [1.165, 1.54) is 18.2 Å². The molecule has 0 unspecified atom stereocenters. The standard InChI is InChI=1S/C27H19ClFN5O2/c1-14-17(25-15(2)19(12-31)27(32)34-26(25)18(14)11-30)9-16-7-8-23(20(28)10-16)36-13-24(35)33-22-6-4-3-5-21(22)29/h3-10H,13H2,1-2H3,(H2,32,34)(H,33,35). The summed E-state index contributed by atoms with van der Waals surface area (Å²) < 4.78 is 19.2. The molecule has 0 radical (unpaired) electrons. The average Bonchev–Trinajstić information content (AvgIpc) is 3.10. The van der Waals surface area contributed by atoms with Crippen LogP contribution >= 0.6 is 11.6 Å². The molecule has 178 valence electrons. The molecule has 0 bridgehead atoms. The highest BCUT2D eigenvalue weighted by atomic mass is 35.5. The van der Waals surface area contributed by atoms with Crippen LogP contribution in [-0.4, -0.2) is 17.5 Å². The number of amides is 1. The summed E-state index contributed by atoms with van der Waals surface area (Å²) in [5.41, 5.74) is 10.6. The summed E-state index contributed by atoms with van der Waals surface area (Å²) in [4.78, 5) is 16.5. The molecule has 0 saturated heterocycles. The minimum atomic E-state index is -0.548. The number of carbonyl (C=O) groups excluding carboxylic acids is 1. The number of fused-ring (bicyclic) bond motifs is 1. The molecule has 0 aliphatic heterocycles. The van der Waals surface area contributed by atoms with E-state index in [2.05, 4.69) is 22.4 Å². The number of benzene rings is 2. The molecule has 1 aromatic heterocycles. The van der Waals surface area contributed by atoms with Crippen molar-refractivity contribution in [2.75, 3.05) is 17.7 Å². The molecule has 36 heavy (non-hydrogen) atoms. The van der Waals surface area contributed by atoms with Gasteiger partial charge in [-0.2, -0.15) is 10.5 Å². The van der Waals surface area contributed by atoms with E-state index in [4.69, 9.17) is 22.1 Å². The van der Waals surface area contributed by atoms with Crippen LogP contribution in [0.15, 0.2) is 48.0 Å².